The molecule has 240 valence electrons. The van der Waals surface area contributed by atoms with Gasteiger partial charge in [-0.2, -0.15) is 44.9 Å². The van der Waals surface area contributed by atoms with Gasteiger partial charge in [0.2, 0.25) is 34.7 Å². The predicted octanol–water partition coefficient (Wildman–Crippen LogP) is 4.22. The quantitative estimate of drug-likeness (QED) is 0.158. The maximum atomic E-state index is 5.35. The van der Waals surface area contributed by atoms with E-state index in [-0.39, 0.29) is 52.7 Å². The molecule has 0 aliphatic carbocycles. The lowest BCUT2D eigenvalue weighted by atomic mass is 10.3. The van der Waals surface area contributed by atoms with Crippen molar-refractivity contribution in [1.29, 1.82) is 0 Å². The third kappa shape index (κ3) is 7.07. The average Bonchev–Trinajstić information content (AvgIpc) is 3.08. The minimum Gasteiger partial charge on any atom is -0.467 e. The van der Waals surface area contributed by atoms with Crippen LogP contribution in [0.15, 0.2) is 72.8 Å². The van der Waals surface area contributed by atoms with Crippen LogP contribution >= 0.6 is 0 Å². The Morgan fingerprint density at radius 3 is 0.729 bits per heavy atom. The van der Waals surface area contributed by atoms with Gasteiger partial charge in [0.25, 0.3) is 0 Å². The van der Waals surface area contributed by atoms with E-state index in [1.807, 2.05) is 72.8 Å². The molecule has 18 nitrogen and oxygen atoms in total. The Bertz CT molecular complexity index is 2140. The Morgan fingerprint density at radius 2 is 0.542 bits per heavy atom. The van der Waals surface area contributed by atoms with Crippen molar-refractivity contribution in [2.45, 2.75) is 0 Å². The second-order valence-electron chi connectivity index (χ2n) is 9.90. The first-order valence-electron chi connectivity index (χ1n) is 14.3. The van der Waals surface area contributed by atoms with E-state index in [0.29, 0.717) is 33.1 Å². The fourth-order valence-corrected chi connectivity index (χ4v) is 4.48. The lowest BCUT2D eigenvalue weighted by Gasteiger charge is -2.00. The number of ether oxygens (including phenoxy) is 3. The lowest BCUT2D eigenvalue weighted by molar-refractivity contribution is 0.381. The van der Waals surface area contributed by atoms with Crippen LogP contribution < -0.4 is 14.2 Å². The van der Waals surface area contributed by atoms with Crippen molar-refractivity contribution in [2.75, 3.05) is 21.3 Å². The van der Waals surface area contributed by atoms with Gasteiger partial charge >= 0.3 is 18.0 Å². The first-order chi connectivity index (χ1) is 23.5. The highest BCUT2D eigenvalue weighted by Gasteiger charge is 2.02. The highest BCUT2D eigenvalue weighted by molar-refractivity contribution is 5.65. The Kier molecular flexibility index (Phi) is 8.07. The van der Waals surface area contributed by atoms with Crippen LogP contribution in [0.3, 0.4) is 0 Å². The molecule has 4 heterocycles. The van der Waals surface area contributed by atoms with Crippen molar-refractivity contribution in [3.05, 3.63) is 72.8 Å². The van der Waals surface area contributed by atoms with Crippen molar-refractivity contribution in [3.63, 3.8) is 0 Å². The topological polar surface area (TPSA) is 238 Å². The minimum atomic E-state index is 0.111. The van der Waals surface area contributed by atoms with Gasteiger partial charge in [-0.1, -0.05) is 18.2 Å². The molecule has 0 spiro atoms. The Morgan fingerprint density at radius 1 is 0.333 bits per heavy atom. The van der Waals surface area contributed by atoms with Crippen LogP contribution in [0, 0.1) is 0 Å². The van der Waals surface area contributed by atoms with Gasteiger partial charge in [0, 0.05) is 33.1 Å². The number of hydrogen-bond donors (Lipinski definition) is 6. The van der Waals surface area contributed by atoms with Gasteiger partial charge < -0.3 is 44.1 Å². The standard InChI is InChI=1S/C30H27N15O3/c1-46-28-40-22-31-16-7-4-9-18(13-16)33-24-38-26(44-29(42-24)47-2)35-20-11-6-12-21(15-20)36-27-39-25(43-30(45-27)48-3)34-19-10-5-8-17(14-19)32-23(37-22)41-28/h4-15H,1-3H3,(H2,31,32,37,40,41)(H2,33,35,38,42,44)(H2,34,36,39,43,45). The van der Waals surface area contributed by atoms with Crippen molar-refractivity contribution < 1.29 is 14.2 Å². The van der Waals surface area contributed by atoms with E-state index in [1.54, 1.807) is 0 Å². The highest BCUT2D eigenvalue weighted by atomic mass is 16.5. The molecule has 0 atom stereocenters. The van der Waals surface area contributed by atoms with Crippen molar-refractivity contribution in [3.8, 4) is 18.0 Å². The van der Waals surface area contributed by atoms with Crippen LogP contribution in [-0.2, 0) is 0 Å². The third-order valence-corrected chi connectivity index (χ3v) is 6.52. The number of nitrogens with zero attached hydrogens (tertiary/aromatic N) is 9. The molecule has 18 heteroatoms. The highest BCUT2D eigenvalue weighted by Crippen LogP contribution is 2.11. The number of benzene rings is 3. The minimum absolute atomic E-state index is 0.111. The largest absolute Gasteiger partial charge is 0.467 e. The zero-order valence-corrected chi connectivity index (χ0v) is 25.7. The van der Waals surface area contributed by atoms with E-state index in [4.69, 9.17) is 14.2 Å². The van der Waals surface area contributed by atoms with E-state index in [0.717, 1.165) is 0 Å². The summed E-state index contributed by atoms with van der Waals surface area (Å²) in [5.74, 6) is 1.49. The summed E-state index contributed by atoms with van der Waals surface area (Å²) in [6.45, 7) is 0. The molecule has 7 aromatic rings. The molecular formula is C30H27N15O3. The van der Waals surface area contributed by atoms with E-state index in [9.17, 15) is 0 Å². The second kappa shape index (κ2) is 13.1. The van der Waals surface area contributed by atoms with E-state index < -0.39 is 0 Å². The Hall–Kier alpha value is -7.11. The monoisotopic (exact) mass is 645 g/mol. The number of aromatic nitrogens is 15. The first kappa shape index (κ1) is 29.6. The fraction of sp³-hybridized carbons (Fsp3) is 0.100. The zero-order chi connectivity index (χ0) is 32.9. The van der Waals surface area contributed by atoms with Crippen LogP contribution in [0.2, 0.25) is 0 Å². The van der Waals surface area contributed by atoms with Crippen LogP contribution in [0.1, 0.15) is 0 Å². The summed E-state index contributed by atoms with van der Waals surface area (Å²) >= 11 is 0. The molecule has 0 saturated heterocycles. The van der Waals surface area contributed by atoms with Gasteiger partial charge in [0.05, 0.1) is 21.3 Å². The zero-order valence-electron chi connectivity index (χ0n) is 25.7. The van der Waals surface area contributed by atoms with Crippen molar-refractivity contribution in [1.82, 2.24) is 74.8 Å². The first-order valence-corrected chi connectivity index (χ1v) is 14.3. The molecule has 0 aliphatic rings. The molecule has 0 unspecified atom stereocenters. The number of aromatic amines is 6. The Balaban J connectivity index is 1.57. The lowest BCUT2D eigenvalue weighted by Crippen LogP contribution is -1.98. The van der Waals surface area contributed by atoms with Gasteiger partial charge in [-0.25, -0.2) is 0 Å². The van der Waals surface area contributed by atoms with Gasteiger partial charge in [-0.05, 0) is 54.6 Å². The molecule has 0 radical (unpaired) electrons. The summed E-state index contributed by atoms with van der Waals surface area (Å²) in [7, 11) is 4.43. The maximum Gasteiger partial charge on any atom is 0.322 e. The molecule has 0 amide bonds. The average molecular weight is 646 g/mol. The maximum absolute atomic E-state index is 5.35. The number of fused-ring (bicyclic) bond motifs is 12. The van der Waals surface area contributed by atoms with Crippen LogP contribution in [0.5, 0.6) is 18.0 Å². The molecule has 12 bridgehead atoms. The normalized spacial score (nSPS) is 10.8. The van der Waals surface area contributed by atoms with Gasteiger partial charge in [-0.15, -0.1) is 0 Å². The predicted molar refractivity (Wildman–Crippen MR) is 177 cm³/mol. The number of H-pyrrole nitrogens is 6. The Labute approximate surface area is 268 Å². The molecule has 7 rings (SSSR count). The van der Waals surface area contributed by atoms with Gasteiger partial charge in [0.1, 0.15) is 0 Å². The summed E-state index contributed by atoms with van der Waals surface area (Å²) in [4.78, 5) is 58.9. The molecule has 0 fully saturated rings. The molecule has 6 N–H and O–H groups in total. The number of rotatable bonds is 3. The molecule has 0 aliphatic heterocycles. The molecule has 0 saturated carbocycles. The number of methoxy groups -OCH3 is 3. The summed E-state index contributed by atoms with van der Waals surface area (Å²) < 4.78 is 16.0. The molecule has 3 aromatic carbocycles. The smallest absolute Gasteiger partial charge is 0.322 e. The van der Waals surface area contributed by atoms with Crippen LogP contribution in [0.4, 0.5) is 0 Å². The third-order valence-electron chi connectivity index (χ3n) is 6.52. The van der Waals surface area contributed by atoms with E-state index >= 15 is 0 Å². The van der Waals surface area contributed by atoms with E-state index in [2.05, 4.69) is 74.8 Å². The SMILES string of the molecule is COc1nc2nc(n1)[nH]c1cccc(c1)[nH]c1nc(OC)nc(n1)[nH]c1cccc(c1)[nH]c1nc(OC)nc(n1)[nH]c1cccc(c1)[nH]2. The number of nitrogens with one attached hydrogen (secondary N) is 6. The summed E-state index contributed by atoms with van der Waals surface area (Å²) in [5, 5.41) is 0. The van der Waals surface area contributed by atoms with Gasteiger partial charge in [-0.3, -0.25) is 0 Å². The molecular weight excluding hydrogens is 618 g/mol. The van der Waals surface area contributed by atoms with Crippen LogP contribution in [0.25, 0.3) is 67.8 Å². The van der Waals surface area contributed by atoms with Crippen molar-refractivity contribution >= 4 is 67.8 Å². The molecule has 4 aromatic heterocycles. The van der Waals surface area contributed by atoms with Gasteiger partial charge in [0.15, 0.2) is 0 Å². The number of hydrogen-bond acceptors (Lipinski definition) is 12. The van der Waals surface area contributed by atoms with Crippen molar-refractivity contribution in [2.24, 2.45) is 0 Å². The van der Waals surface area contributed by atoms with E-state index in [1.165, 1.54) is 21.3 Å². The summed E-state index contributed by atoms with van der Waals surface area (Å²) in [6.07, 6.45) is 0. The van der Waals surface area contributed by atoms with Crippen LogP contribution in [-0.4, -0.2) is 96.1 Å². The second-order valence-corrected chi connectivity index (χ2v) is 9.90. The summed E-state index contributed by atoms with van der Waals surface area (Å²) in [6, 6.07) is 22.6. The summed E-state index contributed by atoms with van der Waals surface area (Å²) in [5.41, 5.74) is 4.06. The molecule has 48 heavy (non-hydrogen) atoms. The fourth-order valence-electron chi connectivity index (χ4n) is 4.48.